The number of fused-ring (bicyclic) bond motifs is 3. The lowest BCUT2D eigenvalue weighted by molar-refractivity contribution is -0.134. The Morgan fingerprint density at radius 1 is 1.27 bits per heavy atom. The average Bonchev–Trinajstić information content (AvgIpc) is 2.91. The van der Waals surface area contributed by atoms with Gasteiger partial charge in [0.2, 0.25) is 11.8 Å². The maximum absolute atomic E-state index is 12.9. The van der Waals surface area contributed by atoms with Gasteiger partial charge in [-0.2, -0.15) is 0 Å². The number of urea groups is 1. The highest BCUT2D eigenvalue weighted by atomic mass is 16.5. The van der Waals surface area contributed by atoms with Crippen LogP contribution in [0, 0.1) is 0 Å². The van der Waals surface area contributed by atoms with Crippen LogP contribution in [-0.2, 0) is 22.6 Å². The molecule has 2 aromatic rings. The summed E-state index contributed by atoms with van der Waals surface area (Å²) >= 11 is 0. The number of aromatic amines is 1. The Hall–Kier alpha value is -3.03. The van der Waals surface area contributed by atoms with Crippen LogP contribution in [0.15, 0.2) is 18.2 Å². The van der Waals surface area contributed by atoms with Gasteiger partial charge in [0.05, 0.1) is 7.11 Å². The normalized spacial score (nSPS) is 20.2. The molecular weight excluding hydrogens is 336 g/mol. The Morgan fingerprint density at radius 3 is 2.92 bits per heavy atom. The maximum atomic E-state index is 12.9. The van der Waals surface area contributed by atoms with Crippen LogP contribution in [0.25, 0.3) is 10.9 Å². The number of benzene rings is 1. The lowest BCUT2D eigenvalue weighted by atomic mass is 10.0. The van der Waals surface area contributed by atoms with Gasteiger partial charge in [-0.25, -0.2) is 4.79 Å². The summed E-state index contributed by atoms with van der Waals surface area (Å²) in [7, 11) is 1.63. The van der Waals surface area contributed by atoms with Crippen molar-refractivity contribution in [3.63, 3.8) is 0 Å². The van der Waals surface area contributed by atoms with Gasteiger partial charge in [0, 0.05) is 48.1 Å². The third kappa shape index (κ3) is 2.87. The van der Waals surface area contributed by atoms with E-state index in [9.17, 15) is 14.4 Å². The van der Waals surface area contributed by atoms with Gasteiger partial charge in [0.15, 0.2) is 0 Å². The highest BCUT2D eigenvalue weighted by Gasteiger charge is 2.32. The molecule has 4 amide bonds. The number of carbonyl (C=O) groups excluding carboxylic acids is 3. The zero-order valence-electron chi connectivity index (χ0n) is 14.4. The first-order valence-corrected chi connectivity index (χ1v) is 8.62. The van der Waals surface area contributed by atoms with Crippen molar-refractivity contribution in [2.45, 2.75) is 31.8 Å². The van der Waals surface area contributed by atoms with E-state index in [0.717, 1.165) is 34.3 Å². The number of hydrogen-bond donors (Lipinski definition) is 3. The summed E-state index contributed by atoms with van der Waals surface area (Å²) in [5.74, 6) is 0.253. The molecule has 3 heterocycles. The van der Waals surface area contributed by atoms with Crippen molar-refractivity contribution in [3.05, 3.63) is 29.5 Å². The first-order valence-electron chi connectivity index (χ1n) is 8.62. The summed E-state index contributed by atoms with van der Waals surface area (Å²) < 4.78 is 5.31. The van der Waals surface area contributed by atoms with Crippen molar-refractivity contribution in [1.29, 1.82) is 0 Å². The van der Waals surface area contributed by atoms with E-state index in [1.807, 2.05) is 18.2 Å². The van der Waals surface area contributed by atoms with Crippen LogP contribution in [0.4, 0.5) is 4.79 Å². The van der Waals surface area contributed by atoms with E-state index in [4.69, 9.17) is 4.74 Å². The molecule has 2 aliphatic heterocycles. The van der Waals surface area contributed by atoms with Gasteiger partial charge in [-0.1, -0.05) is 0 Å². The van der Waals surface area contributed by atoms with Gasteiger partial charge in [-0.05, 0) is 24.6 Å². The van der Waals surface area contributed by atoms with Crippen LogP contribution in [0.2, 0.25) is 0 Å². The second-order valence-electron chi connectivity index (χ2n) is 6.62. The third-order valence-corrected chi connectivity index (χ3v) is 5.01. The second-order valence-corrected chi connectivity index (χ2v) is 6.62. The zero-order chi connectivity index (χ0) is 18.3. The summed E-state index contributed by atoms with van der Waals surface area (Å²) in [6.07, 6.45) is 1.18. The van der Waals surface area contributed by atoms with E-state index in [-0.39, 0.29) is 18.2 Å². The van der Waals surface area contributed by atoms with E-state index < -0.39 is 12.1 Å². The first kappa shape index (κ1) is 16.4. The number of ether oxygens (including phenoxy) is 1. The Morgan fingerprint density at radius 2 is 2.12 bits per heavy atom. The molecule has 8 nitrogen and oxygen atoms in total. The number of amides is 4. The molecule has 1 fully saturated rings. The van der Waals surface area contributed by atoms with E-state index in [2.05, 4.69) is 15.6 Å². The van der Waals surface area contributed by atoms with Crippen LogP contribution in [0.3, 0.4) is 0 Å². The number of methoxy groups -OCH3 is 1. The number of rotatable bonds is 2. The molecule has 0 bridgehead atoms. The molecule has 0 saturated carbocycles. The van der Waals surface area contributed by atoms with E-state index in [1.165, 1.54) is 0 Å². The van der Waals surface area contributed by atoms with Gasteiger partial charge >= 0.3 is 6.03 Å². The fourth-order valence-corrected chi connectivity index (χ4v) is 3.65. The Kier molecular flexibility index (Phi) is 4.02. The summed E-state index contributed by atoms with van der Waals surface area (Å²) in [5, 5.41) is 5.83. The quantitative estimate of drug-likeness (QED) is 0.748. The molecule has 4 rings (SSSR count). The minimum Gasteiger partial charge on any atom is -0.497 e. The standard InChI is InChI=1S/C18H20N4O4/c1-26-10-2-3-13-11(8-10)12-9-22(7-6-14(12)19-13)17(24)15-4-5-16(23)21-18(25)20-15/h2-3,8,15,19H,4-7,9H2,1H3,(H2,20,21,23,25). The molecule has 1 atom stereocenters. The molecule has 1 aromatic carbocycles. The average molecular weight is 356 g/mol. The molecule has 136 valence electrons. The number of H-pyrrole nitrogens is 1. The highest BCUT2D eigenvalue weighted by Crippen LogP contribution is 2.30. The van der Waals surface area contributed by atoms with E-state index >= 15 is 0 Å². The molecule has 8 heteroatoms. The van der Waals surface area contributed by atoms with Crippen LogP contribution >= 0.6 is 0 Å². The van der Waals surface area contributed by atoms with Crippen LogP contribution in [0.5, 0.6) is 5.75 Å². The molecule has 2 aliphatic rings. The largest absolute Gasteiger partial charge is 0.497 e. The molecule has 0 radical (unpaired) electrons. The fraction of sp³-hybridized carbons (Fsp3) is 0.389. The summed E-state index contributed by atoms with van der Waals surface area (Å²) in [6, 6.07) is 4.55. The Bertz CT molecular complexity index is 904. The van der Waals surface area contributed by atoms with Gasteiger partial charge in [0.25, 0.3) is 0 Å². The lowest BCUT2D eigenvalue weighted by Crippen LogP contribution is -2.50. The zero-order valence-corrected chi connectivity index (χ0v) is 14.4. The number of nitrogens with one attached hydrogen (secondary N) is 3. The third-order valence-electron chi connectivity index (χ3n) is 5.01. The Labute approximate surface area is 149 Å². The molecule has 26 heavy (non-hydrogen) atoms. The van der Waals surface area contributed by atoms with Gasteiger partial charge in [0.1, 0.15) is 11.8 Å². The van der Waals surface area contributed by atoms with Crippen molar-refractivity contribution in [3.8, 4) is 5.75 Å². The van der Waals surface area contributed by atoms with Gasteiger partial charge in [-0.3, -0.25) is 14.9 Å². The number of carbonyl (C=O) groups is 3. The number of nitrogens with zero attached hydrogens (tertiary/aromatic N) is 1. The van der Waals surface area contributed by atoms with Crippen molar-refractivity contribution in [2.75, 3.05) is 13.7 Å². The highest BCUT2D eigenvalue weighted by molar-refractivity contribution is 5.98. The molecule has 0 aliphatic carbocycles. The van der Waals surface area contributed by atoms with E-state index in [0.29, 0.717) is 19.5 Å². The van der Waals surface area contributed by atoms with Crippen LogP contribution in [0.1, 0.15) is 24.1 Å². The van der Waals surface area contributed by atoms with Crippen molar-refractivity contribution >= 4 is 28.7 Å². The number of imide groups is 1. The van der Waals surface area contributed by atoms with Crippen LogP contribution < -0.4 is 15.4 Å². The number of aromatic nitrogens is 1. The maximum Gasteiger partial charge on any atom is 0.322 e. The van der Waals surface area contributed by atoms with E-state index in [1.54, 1.807) is 12.0 Å². The molecule has 1 aromatic heterocycles. The minimum atomic E-state index is -0.678. The predicted molar refractivity (Wildman–Crippen MR) is 93.7 cm³/mol. The molecule has 3 N–H and O–H groups in total. The monoisotopic (exact) mass is 356 g/mol. The lowest BCUT2D eigenvalue weighted by Gasteiger charge is -2.30. The Balaban J connectivity index is 1.58. The van der Waals surface area contributed by atoms with Crippen molar-refractivity contribution < 1.29 is 19.1 Å². The van der Waals surface area contributed by atoms with Gasteiger partial charge < -0.3 is 19.9 Å². The molecule has 1 unspecified atom stereocenters. The van der Waals surface area contributed by atoms with Crippen molar-refractivity contribution in [1.82, 2.24) is 20.5 Å². The van der Waals surface area contributed by atoms with Crippen molar-refractivity contribution in [2.24, 2.45) is 0 Å². The fourth-order valence-electron chi connectivity index (χ4n) is 3.65. The van der Waals surface area contributed by atoms with Gasteiger partial charge in [-0.15, -0.1) is 0 Å². The topological polar surface area (TPSA) is 104 Å². The smallest absolute Gasteiger partial charge is 0.322 e. The SMILES string of the molecule is COc1ccc2[nH]c3c(c2c1)CN(C(=O)C1CCC(=O)NC(=O)N1)CC3. The molecule has 1 saturated heterocycles. The summed E-state index contributed by atoms with van der Waals surface area (Å²) in [4.78, 5) is 41.2. The second kappa shape index (κ2) is 6.36. The van der Waals surface area contributed by atoms with Crippen LogP contribution in [-0.4, -0.2) is 47.4 Å². The minimum absolute atomic E-state index is 0.151. The first-order chi connectivity index (χ1) is 12.5. The number of hydrogen-bond acceptors (Lipinski definition) is 4. The molecular formula is C18H20N4O4. The summed E-state index contributed by atoms with van der Waals surface area (Å²) in [6.45, 7) is 1.04. The summed E-state index contributed by atoms with van der Waals surface area (Å²) in [5.41, 5.74) is 3.22. The molecule has 0 spiro atoms. The predicted octanol–water partition coefficient (Wildman–Crippen LogP) is 1.05.